The van der Waals surface area contributed by atoms with Crippen molar-refractivity contribution in [2.24, 2.45) is 0 Å². The van der Waals surface area contributed by atoms with E-state index in [9.17, 15) is 4.79 Å². The van der Waals surface area contributed by atoms with E-state index < -0.39 is 5.97 Å². The fourth-order valence-corrected chi connectivity index (χ4v) is 1.38. The van der Waals surface area contributed by atoms with Crippen LogP contribution in [0.1, 0.15) is 38.1 Å². The Labute approximate surface area is 101 Å². The maximum atomic E-state index is 11.0. The summed E-state index contributed by atoms with van der Waals surface area (Å²) < 4.78 is 11.0. The van der Waals surface area contributed by atoms with E-state index >= 15 is 0 Å². The summed E-state index contributed by atoms with van der Waals surface area (Å²) in [4.78, 5) is 11.0. The first kappa shape index (κ1) is 13.4. The van der Waals surface area contributed by atoms with Gasteiger partial charge in [-0.1, -0.05) is 0 Å². The Kier molecular flexibility index (Phi) is 4.37. The predicted octanol–water partition coefficient (Wildman–Crippen LogP) is 2.96. The van der Waals surface area contributed by atoms with Crippen molar-refractivity contribution in [2.75, 3.05) is 0 Å². The normalized spacial score (nSPS) is 10.7. The molecule has 0 atom stereocenters. The van der Waals surface area contributed by atoms with Crippen molar-refractivity contribution >= 4 is 5.97 Å². The Balaban J connectivity index is 3.04. The second-order valence-corrected chi connectivity index (χ2v) is 4.33. The number of aromatic carboxylic acids is 1. The summed E-state index contributed by atoms with van der Waals surface area (Å²) in [5, 5.41) is 8.99. The van der Waals surface area contributed by atoms with Gasteiger partial charge in [0.05, 0.1) is 17.8 Å². The van der Waals surface area contributed by atoms with Crippen molar-refractivity contribution in [1.82, 2.24) is 0 Å². The zero-order valence-corrected chi connectivity index (χ0v) is 10.6. The molecule has 1 N–H and O–H groups in total. The molecule has 1 aromatic rings. The Morgan fingerprint density at radius 3 is 1.71 bits per heavy atom. The molecule has 4 heteroatoms. The lowest BCUT2D eigenvalue weighted by molar-refractivity contribution is 0.0695. The molecule has 0 spiro atoms. The molecule has 0 aliphatic carbocycles. The van der Waals surface area contributed by atoms with Crippen LogP contribution in [0, 0.1) is 0 Å². The van der Waals surface area contributed by atoms with Crippen LogP contribution in [0.5, 0.6) is 11.5 Å². The summed E-state index contributed by atoms with van der Waals surface area (Å²) in [6.45, 7) is 7.54. The maximum absolute atomic E-state index is 11.0. The molecule has 0 amide bonds. The average molecular weight is 238 g/mol. The predicted molar refractivity (Wildman–Crippen MR) is 64.9 cm³/mol. The molecule has 0 aliphatic heterocycles. The van der Waals surface area contributed by atoms with Crippen LogP contribution in [0.15, 0.2) is 18.2 Å². The van der Waals surface area contributed by atoms with E-state index in [4.69, 9.17) is 14.6 Å². The van der Waals surface area contributed by atoms with E-state index in [1.807, 2.05) is 27.7 Å². The number of carboxylic acids is 1. The Morgan fingerprint density at radius 1 is 1.00 bits per heavy atom. The van der Waals surface area contributed by atoms with Crippen molar-refractivity contribution in [3.63, 3.8) is 0 Å². The van der Waals surface area contributed by atoms with Gasteiger partial charge < -0.3 is 14.6 Å². The van der Waals surface area contributed by atoms with Gasteiger partial charge in [0, 0.05) is 6.07 Å². The minimum absolute atomic E-state index is 0.00838. The van der Waals surface area contributed by atoms with Crippen LogP contribution >= 0.6 is 0 Å². The van der Waals surface area contributed by atoms with Crippen LogP contribution in [0.3, 0.4) is 0 Å². The van der Waals surface area contributed by atoms with Gasteiger partial charge in [0.2, 0.25) is 0 Å². The molecule has 0 aliphatic rings. The van der Waals surface area contributed by atoms with E-state index in [0.29, 0.717) is 11.5 Å². The number of rotatable bonds is 5. The first-order chi connectivity index (χ1) is 7.88. The van der Waals surface area contributed by atoms with Gasteiger partial charge in [-0.25, -0.2) is 4.79 Å². The lowest BCUT2D eigenvalue weighted by atomic mass is 10.2. The lowest BCUT2D eigenvalue weighted by Gasteiger charge is -2.14. The Bertz CT molecular complexity index is 368. The molecule has 0 aromatic heterocycles. The summed E-state index contributed by atoms with van der Waals surface area (Å²) in [6, 6.07) is 4.69. The zero-order valence-electron chi connectivity index (χ0n) is 10.6. The first-order valence-corrected chi connectivity index (χ1v) is 5.60. The second-order valence-electron chi connectivity index (χ2n) is 4.33. The summed E-state index contributed by atoms with van der Waals surface area (Å²) in [5.74, 6) is 0.0268. The number of benzene rings is 1. The van der Waals surface area contributed by atoms with Gasteiger partial charge in [-0.3, -0.25) is 0 Å². The van der Waals surface area contributed by atoms with Crippen LogP contribution in [0.4, 0.5) is 0 Å². The standard InChI is InChI=1S/C13H18O4/c1-8(2)16-11-5-10(13(14)15)6-12(7-11)17-9(3)4/h5-9H,1-4H3,(H,14,15). The molecule has 4 nitrogen and oxygen atoms in total. The molecular formula is C13H18O4. The summed E-state index contributed by atoms with van der Waals surface area (Å²) in [5.41, 5.74) is 0.166. The lowest BCUT2D eigenvalue weighted by Crippen LogP contribution is -2.09. The molecule has 17 heavy (non-hydrogen) atoms. The van der Waals surface area contributed by atoms with Gasteiger partial charge in [0.1, 0.15) is 11.5 Å². The van der Waals surface area contributed by atoms with Gasteiger partial charge in [-0.05, 0) is 39.8 Å². The molecule has 1 aromatic carbocycles. The van der Waals surface area contributed by atoms with Crippen LogP contribution in [0.25, 0.3) is 0 Å². The van der Waals surface area contributed by atoms with Crippen LogP contribution in [-0.4, -0.2) is 23.3 Å². The fraction of sp³-hybridized carbons (Fsp3) is 0.462. The second kappa shape index (κ2) is 5.57. The number of hydrogen-bond acceptors (Lipinski definition) is 3. The third kappa shape index (κ3) is 4.34. The topological polar surface area (TPSA) is 55.8 Å². The van der Waals surface area contributed by atoms with Crippen LogP contribution in [0.2, 0.25) is 0 Å². The molecule has 0 unspecified atom stereocenters. The first-order valence-electron chi connectivity index (χ1n) is 5.60. The maximum Gasteiger partial charge on any atom is 0.335 e. The van der Waals surface area contributed by atoms with Gasteiger partial charge in [-0.15, -0.1) is 0 Å². The highest BCUT2D eigenvalue weighted by Gasteiger charge is 2.10. The molecule has 0 radical (unpaired) electrons. The van der Waals surface area contributed by atoms with Crippen molar-refractivity contribution in [3.05, 3.63) is 23.8 Å². The highest BCUT2D eigenvalue weighted by atomic mass is 16.5. The Hall–Kier alpha value is -1.71. The van der Waals surface area contributed by atoms with Gasteiger partial charge >= 0.3 is 5.97 Å². The fourth-order valence-electron chi connectivity index (χ4n) is 1.38. The van der Waals surface area contributed by atoms with E-state index in [-0.39, 0.29) is 17.8 Å². The van der Waals surface area contributed by atoms with Crippen molar-refractivity contribution in [1.29, 1.82) is 0 Å². The average Bonchev–Trinajstić information content (AvgIpc) is 2.14. The van der Waals surface area contributed by atoms with Gasteiger partial charge in [0.15, 0.2) is 0 Å². The smallest absolute Gasteiger partial charge is 0.335 e. The third-order valence-corrected chi connectivity index (χ3v) is 1.87. The minimum atomic E-state index is -0.993. The highest BCUT2D eigenvalue weighted by Crippen LogP contribution is 2.24. The van der Waals surface area contributed by atoms with E-state index in [2.05, 4.69) is 0 Å². The number of carbonyl (C=O) groups is 1. The largest absolute Gasteiger partial charge is 0.491 e. The highest BCUT2D eigenvalue weighted by molar-refractivity contribution is 5.88. The summed E-state index contributed by atoms with van der Waals surface area (Å²) in [7, 11) is 0. The zero-order chi connectivity index (χ0) is 13.0. The molecule has 1 rings (SSSR count). The molecule has 0 heterocycles. The number of hydrogen-bond donors (Lipinski definition) is 1. The minimum Gasteiger partial charge on any atom is -0.491 e. The van der Waals surface area contributed by atoms with Crippen LogP contribution in [-0.2, 0) is 0 Å². The van der Waals surface area contributed by atoms with Crippen molar-refractivity contribution < 1.29 is 19.4 Å². The van der Waals surface area contributed by atoms with Gasteiger partial charge in [0.25, 0.3) is 0 Å². The van der Waals surface area contributed by atoms with Crippen LogP contribution < -0.4 is 9.47 Å². The number of carboxylic acid groups (broad SMARTS) is 1. The monoisotopic (exact) mass is 238 g/mol. The van der Waals surface area contributed by atoms with Gasteiger partial charge in [-0.2, -0.15) is 0 Å². The van der Waals surface area contributed by atoms with E-state index in [1.54, 1.807) is 6.07 Å². The summed E-state index contributed by atoms with van der Waals surface area (Å²) in [6.07, 6.45) is -0.0168. The molecule has 94 valence electrons. The Morgan fingerprint density at radius 2 is 1.41 bits per heavy atom. The van der Waals surface area contributed by atoms with Crippen molar-refractivity contribution in [3.8, 4) is 11.5 Å². The van der Waals surface area contributed by atoms with E-state index in [0.717, 1.165) is 0 Å². The molecule has 0 bridgehead atoms. The van der Waals surface area contributed by atoms with Crippen molar-refractivity contribution in [2.45, 2.75) is 39.9 Å². The third-order valence-electron chi connectivity index (χ3n) is 1.87. The SMILES string of the molecule is CC(C)Oc1cc(OC(C)C)cc(C(=O)O)c1. The quantitative estimate of drug-likeness (QED) is 0.856. The molecular weight excluding hydrogens is 220 g/mol. The van der Waals surface area contributed by atoms with E-state index in [1.165, 1.54) is 12.1 Å². The number of ether oxygens (including phenoxy) is 2. The molecule has 0 saturated carbocycles. The molecule has 0 fully saturated rings. The summed E-state index contributed by atoms with van der Waals surface area (Å²) >= 11 is 0. The molecule has 0 saturated heterocycles.